The Morgan fingerprint density at radius 1 is 1.12 bits per heavy atom. The van der Waals surface area contributed by atoms with Gasteiger partial charge in [0.05, 0.1) is 33.1 Å². The first-order valence-corrected chi connectivity index (χ1v) is 8.56. The monoisotopic (exact) mass is 375 g/mol. The number of aryl methyl sites for hydroxylation is 1. The average molecular weight is 376 g/mol. The summed E-state index contributed by atoms with van der Waals surface area (Å²) in [5.74, 6) is 0.140. The molecule has 2 rings (SSSR count). The molecule has 26 heavy (non-hydrogen) atoms. The summed E-state index contributed by atoms with van der Waals surface area (Å²) in [4.78, 5) is 24.2. The summed E-state index contributed by atoms with van der Waals surface area (Å²) in [6.07, 6.45) is 0.225. The van der Waals surface area contributed by atoms with E-state index in [1.165, 1.54) is 7.11 Å². The number of hydrogen-bond donors (Lipinski definition) is 1. The molecule has 5 nitrogen and oxygen atoms in total. The number of rotatable bonds is 7. The van der Waals surface area contributed by atoms with E-state index in [4.69, 9.17) is 21.1 Å². The molecule has 2 aromatic rings. The van der Waals surface area contributed by atoms with E-state index >= 15 is 0 Å². The molecule has 138 valence electrons. The third-order valence-electron chi connectivity index (χ3n) is 4.04. The molecule has 1 N–H and O–H groups in total. The highest BCUT2D eigenvalue weighted by molar-refractivity contribution is 6.30. The maximum atomic E-state index is 12.5. The van der Waals surface area contributed by atoms with Gasteiger partial charge in [-0.25, -0.2) is 0 Å². The molecule has 0 radical (unpaired) electrons. The molecule has 1 unspecified atom stereocenters. The zero-order valence-corrected chi connectivity index (χ0v) is 15.8. The molecule has 0 bridgehead atoms. The fourth-order valence-corrected chi connectivity index (χ4v) is 2.73. The van der Waals surface area contributed by atoms with E-state index in [-0.39, 0.29) is 18.7 Å². The van der Waals surface area contributed by atoms with Gasteiger partial charge in [-0.2, -0.15) is 0 Å². The molecular weight excluding hydrogens is 354 g/mol. The van der Waals surface area contributed by atoms with Gasteiger partial charge in [0.15, 0.2) is 0 Å². The first-order chi connectivity index (χ1) is 12.4. The quantitative estimate of drug-likeness (QED) is 0.751. The molecule has 2 aromatic carbocycles. The highest BCUT2D eigenvalue weighted by atomic mass is 35.5. The van der Waals surface area contributed by atoms with Gasteiger partial charge >= 0.3 is 5.97 Å². The summed E-state index contributed by atoms with van der Waals surface area (Å²) in [6, 6.07) is 12.2. The van der Waals surface area contributed by atoms with Gasteiger partial charge in [-0.15, -0.1) is 0 Å². The zero-order chi connectivity index (χ0) is 19.1. The van der Waals surface area contributed by atoms with Crippen LogP contribution in [0.3, 0.4) is 0 Å². The maximum Gasteiger partial charge on any atom is 0.307 e. The summed E-state index contributed by atoms with van der Waals surface area (Å²) < 4.78 is 10.0. The van der Waals surface area contributed by atoms with Crippen LogP contribution in [0.2, 0.25) is 5.02 Å². The predicted molar refractivity (Wildman–Crippen MR) is 100 cm³/mol. The van der Waals surface area contributed by atoms with Crippen LogP contribution in [0.15, 0.2) is 42.5 Å². The topological polar surface area (TPSA) is 64.6 Å². The molecule has 0 heterocycles. The van der Waals surface area contributed by atoms with Gasteiger partial charge in [-0.1, -0.05) is 35.9 Å². The minimum absolute atomic E-state index is 0.0427. The zero-order valence-electron chi connectivity index (χ0n) is 15.0. The smallest absolute Gasteiger partial charge is 0.307 e. The second-order valence-electron chi connectivity index (χ2n) is 5.93. The number of esters is 1. The number of carbonyl (C=O) groups is 2. The highest BCUT2D eigenvalue weighted by Crippen LogP contribution is 2.22. The van der Waals surface area contributed by atoms with Crippen molar-refractivity contribution in [3.63, 3.8) is 0 Å². The van der Waals surface area contributed by atoms with Crippen LogP contribution in [0, 0.1) is 6.92 Å². The minimum Gasteiger partial charge on any atom is -0.496 e. The lowest BCUT2D eigenvalue weighted by Gasteiger charge is -2.18. The van der Waals surface area contributed by atoms with Crippen molar-refractivity contribution >= 4 is 23.5 Å². The van der Waals surface area contributed by atoms with E-state index in [0.717, 1.165) is 22.4 Å². The molecule has 1 atom stereocenters. The fourth-order valence-electron chi connectivity index (χ4n) is 2.60. The van der Waals surface area contributed by atoms with Crippen molar-refractivity contribution in [1.29, 1.82) is 0 Å². The van der Waals surface area contributed by atoms with Crippen molar-refractivity contribution < 1.29 is 19.1 Å². The van der Waals surface area contributed by atoms with Gasteiger partial charge in [-0.05, 0) is 41.8 Å². The van der Waals surface area contributed by atoms with Crippen molar-refractivity contribution in [2.24, 2.45) is 0 Å². The molecule has 0 aliphatic rings. The van der Waals surface area contributed by atoms with Crippen molar-refractivity contribution in [2.45, 2.75) is 25.8 Å². The Kier molecular flexibility index (Phi) is 7.04. The summed E-state index contributed by atoms with van der Waals surface area (Å²) in [6.45, 7) is 1.94. The first kappa shape index (κ1) is 19.8. The van der Waals surface area contributed by atoms with Gasteiger partial charge in [-0.3, -0.25) is 9.59 Å². The van der Waals surface area contributed by atoms with Crippen molar-refractivity contribution in [2.75, 3.05) is 14.2 Å². The van der Waals surface area contributed by atoms with Crippen LogP contribution < -0.4 is 10.1 Å². The van der Waals surface area contributed by atoms with Crippen molar-refractivity contribution in [1.82, 2.24) is 5.32 Å². The molecule has 1 amide bonds. The molecule has 0 fully saturated rings. The number of carbonyl (C=O) groups excluding carboxylic acids is 2. The normalized spacial score (nSPS) is 11.5. The number of nitrogens with one attached hydrogen (secondary N) is 1. The van der Waals surface area contributed by atoms with Crippen LogP contribution in [0.5, 0.6) is 5.75 Å². The molecule has 0 saturated carbocycles. The second-order valence-corrected chi connectivity index (χ2v) is 6.37. The summed E-state index contributed by atoms with van der Waals surface area (Å²) in [7, 11) is 2.92. The van der Waals surface area contributed by atoms with Gasteiger partial charge in [0.2, 0.25) is 5.91 Å². The average Bonchev–Trinajstić information content (AvgIpc) is 2.63. The van der Waals surface area contributed by atoms with Crippen LogP contribution in [0.4, 0.5) is 0 Å². The van der Waals surface area contributed by atoms with E-state index in [2.05, 4.69) is 5.32 Å². The summed E-state index contributed by atoms with van der Waals surface area (Å²) >= 11 is 5.91. The largest absolute Gasteiger partial charge is 0.496 e. The summed E-state index contributed by atoms with van der Waals surface area (Å²) in [5, 5.41) is 3.48. The first-order valence-electron chi connectivity index (χ1n) is 8.18. The van der Waals surface area contributed by atoms with E-state index in [1.54, 1.807) is 31.4 Å². The van der Waals surface area contributed by atoms with Crippen molar-refractivity contribution in [3.05, 3.63) is 64.2 Å². The number of amides is 1. The van der Waals surface area contributed by atoms with Gasteiger partial charge in [0, 0.05) is 5.02 Å². The molecule has 0 saturated heterocycles. The van der Waals surface area contributed by atoms with E-state index < -0.39 is 12.0 Å². The highest BCUT2D eigenvalue weighted by Gasteiger charge is 2.19. The van der Waals surface area contributed by atoms with Gasteiger partial charge < -0.3 is 14.8 Å². The molecular formula is C20H22ClNO4. The van der Waals surface area contributed by atoms with E-state index in [1.807, 2.05) is 25.1 Å². The van der Waals surface area contributed by atoms with Crippen molar-refractivity contribution in [3.8, 4) is 5.75 Å². The molecule has 0 aliphatic carbocycles. The van der Waals surface area contributed by atoms with E-state index in [0.29, 0.717) is 5.02 Å². The Morgan fingerprint density at radius 2 is 1.81 bits per heavy atom. The van der Waals surface area contributed by atoms with Gasteiger partial charge in [0.25, 0.3) is 0 Å². The molecule has 6 heteroatoms. The Bertz CT molecular complexity index is 774. The number of ether oxygens (including phenoxy) is 2. The molecule has 0 spiro atoms. The lowest BCUT2D eigenvalue weighted by molar-refractivity contribution is -0.141. The molecule has 0 aliphatic heterocycles. The van der Waals surface area contributed by atoms with Gasteiger partial charge in [0.1, 0.15) is 5.75 Å². The van der Waals surface area contributed by atoms with Crippen LogP contribution in [0.25, 0.3) is 0 Å². The Morgan fingerprint density at radius 3 is 2.42 bits per heavy atom. The Balaban J connectivity index is 2.12. The van der Waals surface area contributed by atoms with E-state index in [9.17, 15) is 9.59 Å². The van der Waals surface area contributed by atoms with Crippen LogP contribution in [0.1, 0.15) is 29.2 Å². The van der Waals surface area contributed by atoms with Crippen LogP contribution >= 0.6 is 11.6 Å². The second kappa shape index (κ2) is 9.25. The minimum atomic E-state index is -0.487. The third kappa shape index (κ3) is 5.49. The fraction of sp³-hybridized carbons (Fsp3) is 0.300. The summed E-state index contributed by atoms with van der Waals surface area (Å²) in [5.41, 5.74) is 2.62. The van der Waals surface area contributed by atoms with Crippen LogP contribution in [-0.2, 0) is 20.7 Å². The number of halogens is 1. The van der Waals surface area contributed by atoms with Crippen LogP contribution in [-0.4, -0.2) is 26.1 Å². The Hall–Kier alpha value is -2.53. The lowest BCUT2D eigenvalue weighted by atomic mass is 10.0. The lowest BCUT2D eigenvalue weighted by Crippen LogP contribution is -2.31. The SMILES string of the molecule is COC(=O)CC(NC(=O)Cc1ccc(C)c(OC)c1)c1ccc(Cl)cc1. The predicted octanol–water partition coefficient (Wildman–Crippen LogP) is 3.62. The third-order valence-corrected chi connectivity index (χ3v) is 4.30. The Labute approximate surface area is 158 Å². The molecule has 0 aromatic heterocycles. The number of methoxy groups -OCH3 is 2. The standard InChI is InChI=1S/C20H22ClNO4/c1-13-4-5-14(10-18(13)25-2)11-19(23)22-17(12-20(24)26-3)15-6-8-16(21)9-7-15/h4-10,17H,11-12H2,1-3H3,(H,22,23). The maximum absolute atomic E-state index is 12.5. The number of hydrogen-bond acceptors (Lipinski definition) is 4. The number of benzene rings is 2.